The molecule has 1 N–H and O–H groups in total. The SMILES string of the molecule is CCc1cc(N2CCN(C(=O)NCCc3ccco3)CC2)ncn1. The van der Waals surface area contributed by atoms with Gasteiger partial charge in [0.2, 0.25) is 0 Å². The van der Waals surface area contributed by atoms with Crippen LogP contribution in [0.4, 0.5) is 10.6 Å². The second-order valence-electron chi connectivity index (χ2n) is 5.76. The van der Waals surface area contributed by atoms with Crippen LogP contribution in [0.5, 0.6) is 0 Å². The van der Waals surface area contributed by atoms with Gasteiger partial charge < -0.3 is 19.5 Å². The lowest BCUT2D eigenvalue weighted by Gasteiger charge is -2.35. The molecule has 1 fully saturated rings. The first kappa shape index (κ1) is 16.3. The predicted octanol–water partition coefficient (Wildman–Crippen LogP) is 1.71. The Kier molecular flexibility index (Phi) is 5.30. The van der Waals surface area contributed by atoms with E-state index in [1.165, 1.54) is 0 Å². The van der Waals surface area contributed by atoms with Crippen molar-refractivity contribution < 1.29 is 9.21 Å². The van der Waals surface area contributed by atoms with Gasteiger partial charge >= 0.3 is 6.03 Å². The molecule has 2 aromatic heterocycles. The number of hydrogen-bond acceptors (Lipinski definition) is 5. The van der Waals surface area contributed by atoms with E-state index in [-0.39, 0.29) is 6.03 Å². The van der Waals surface area contributed by atoms with E-state index in [0.29, 0.717) is 26.1 Å². The van der Waals surface area contributed by atoms with Gasteiger partial charge in [-0.2, -0.15) is 0 Å². The minimum Gasteiger partial charge on any atom is -0.469 e. The number of piperazine rings is 1. The summed E-state index contributed by atoms with van der Waals surface area (Å²) in [5, 5.41) is 2.95. The number of hydrogen-bond donors (Lipinski definition) is 1. The van der Waals surface area contributed by atoms with Crippen LogP contribution in [0.1, 0.15) is 18.4 Å². The smallest absolute Gasteiger partial charge is 0.317 e. The third-order valence-electron chi connectivity index (χ3n) is 4.19. The van der Waals surface area contributed by atoms with E-state index in [0.717, 1.165) is 36.8 Å². The lowest BCUT2D eigenvalue weighted by atomic mass is 10.2. The maximum Gasteiger partial charge on any atom is 0.317 e. The molecule has 24 heavy (non-hydrogen) atoms. The van der Waals surface area contributed by atoms with E-state index in [4.69, 9.17) is 4.42 Å². The van der Waals surface area contributed by atoms with Crippen LogP contribution in [0.3, 0.4) is 0 Å². The highest BCUT2D eigenvalue weighted by Crippen LogP contribution is 2.14. The minimum atomic E-state index is -0.0156. The number of carbonyl (C=O) groups excluding carboxylic acids is 1. The Bertz CT molecular complexity index is 651. The zero-order valence-corrected chi connectivity index (χ0v) is 13.9. The molecular formula is C17H23N5O2. The predicted molar refractivity (Wildman–Crippen MR) is 91.0 cm³/mol. The highest BCUT2D eigenvalue weighted by molar-refractivity contribution is 5.74. The number of urea groups is 1. The topological polar surface area (TPSA) is 74.5 Å². The maximum absolute atomic E-state index is 12.2. The van der Waals surface area contributed by atoms with Crippen molar-refractivity contribution in [3.63, 3.8) is 0 Å². The summed E-state index contributed by atoms with van der Waals surface area (Å²) >= 11 is 0. The van der Waals surface area contributed by atoms with Gasteiger partial charge in [-0.25, -0.2) is 14.8 Å². The van der Waals surface area contributed by atoms with Crippen molar-refractivity contribution in [2.24, 2.45) is 0 Å². The molecule has 3 heterocycles. The lowest BCUT2D eigenvalue weighted by Crippen LogP contribution is -2.52. The summed E-state index contributed by atoms with van der Waals surface area (Å²) in [6.45, 7) is 5.61. The van der Waals surface area contributed by atoms with Gasteiger partial charge in [-0.3, -0.25) is 0 Å². The van der Waals surface area contributed by atoms with Gasteiger partial charge in [0.25, 0.3) is 0 Å². The van der Waals surface area contributed by atoms with Crippen LogP contribution in [0.15, 0.2) is 35.2 Å². The van der Waals surface area contributed by atoms with Crippen molar-refractivity contribution in [2.45, 2.75) is 19.8 Å². The summed E-state index contributed by atoms with van der Waals surface area (Å²) in [6, 6.07) is 5.78. The summed E-state index contributed by atoms with van der Waals surface area (Å²) in [5.41, 5.74) is 1.04. The van der Waals surface area contributed by atoms with Crippen LogP contribution in [0.25, 0.3) is 0 Å². The fraction of sp³-hybridized carbons (Fsp3) is 0.471. The fourth-order valence-corrected chi connectivity index (χ4v) is 2.75. The summed E-state index contributed by atoms with van der Waals surface area (Å²) in [4.78, 5) is 24.8. The van der Waals surface area contributed by atoms with E-state index in [2.05, 4.69) is 27.1 Å². The van der Waals surface area contributed by atoms with Crippen molar-refractivity contribution in [2.75, 3.05) is 37.6 Å². The molecule has 0 saturated carbocycles. The van der Waals surface area contributed by atoms with Crippen molar-refractivity contribution in [3.8, 4) is 0 Å². The summed E-state index contributed by atoms with van der Waals surface area (Å²) < 4.78 is 5.26. The van der Waals surface area contributed by atoms with Gasteiger partial charge in [-0.15, -0.1) is 0 Å². The van der Waals surface area contributed by atoms with Gasteiger partial charge in [-0.05, 0) is 18.6 Å². The molecule has 0 aromatic carbocycles. The number of rotatable bonds is 5. The van der Waals surface area contributed by atoms with Gasteiger partial charge in [-0.1, -0.05) is 6.92 Å². The zero-order valence-electron chi connectivity index (χ0n) is 13.9. The molecule has 3 rings (SSSR count). The first-order chi connectivity index (χ1) is 11.8. The molecule has 1 aliphatic heterocycles. The Morgan fingerprint density at radius 2 is 2.12 bits per heavy atom. The quantitative estimate of drug-likeness (QED) is 0.904. The van der Waals surface area contributed by atoms with Crippen LogP contribution in [-0.4, -0.2) is 53.6 Å². The molecule has 0 unspecified atom stereocenters. The molecule has 0 bridgehead atoms. The monoisotopic (exact) mass is 329 g/mol. The van der Waals surface area contributed by atoms with E-state index >= 15 is 0 Å². The van der Waals surface area contributed by atoms with E-state index in [1.54, 1.807) is 12.6 Å². The Morgan fingerprint density at radius 1 is 1.29 bits per heavy atom. The van der Waals surface area contributed by atoms with Crippen LogP contribution in [-0.2, 0) is 12.8 Å². The molecule has 1 aliphatic rings. The molecular weight excluding hydrogens is 306 g/mol. The number of anilines is 1. The van der Waals surface area contributed by atoms with Crippen LogP contribution in [0, 0.1) is 0 Å². The molecule has 0 atom stereocenters. The number of nitrogens with zero attached hydrogens (tertiary/aromatic N) is 4. The Hall–Kier alpha value is -2.57. The second kappa shape index (κ2) is 7.81. The second-order valence-corrected chi connectivity index (χ2v) is 5.76. The molecule has 2 amide bonds. The van der Waals surface area contributed by atoms with E-state index < -0.39 is 0 Å². The van der Waals surface area contributed by atoms with Gasteiger partial charge in [0.15, 0.2) is 0 Å². The highest BCUT2D eigenvalue weighted by atomic mass is 16.3. The van der Waals surface area contributed by atoms with Crippen molar-refractivity contribution >= 4 is 11.8 Å². The van der Waals surface area contributed by atoms with Crippen LogP contribution >= 0.6 is 0 Å². The van der Waals surface area contributed by atoms with Crippen LogP contribution in [0.2, 0.25) is 0 Å². The molecule has 7 nitrogen and oxygen atoms in total. The molecule has 1 saturated heterocycles. The van der Waals surface area contributed by atoms with Crippen LogP contribution < -0.4 is 10.2 Å². The highest BCUT2D eigenvalue weighted by Gasteiger charge is 2.21. The average Bonchev–Trinajstić information content (AvgIpc) is 3.15. The molecule has 2 aromatic rings. The first-order valence-electron chi connectivity index (χ1n) is 8.37. The molecule has 128 valence electrons. The summed E-state index contributed by atoms with van der Waals surface area (Å²) in [5.74, 6) is 1.83. The largest absolute Gasteiger partial charge is 0.469 e. The Balaban J connectivity index is 1.44. The Labute approximate surface area is 141 Å². The first-order valence-corrected chi connectivity index (χ1v) is 8.37. The standard InChI is InChI=1S/C17H23N5O2/c1-2-14-12-16(20-13-19-14)21-7-9-22(10-8-21)17(23)18-6-5-15-4-3-11-24-15/h3-4,11-13H,2,5-10H2,1H3,(H,18,23). The maximum atomic E-state index is 12.2. The van der Waals surface area contributed by atoms with Crippen molar-refractivity contribution in [1.82, 2.24) is 20.2 Å². The average molecular weight is 329 g/mol. The van der Waals surface area contributed by atoms with Crippen molar-refractivity contribution in [1.29, 1.82) is 0 Å². The fourth-order valence-electron chi connectivity index (χ4n) is 2.75. The third-order valence-corrected chi connectivity index (χ3v) is 4.19. The minimum absolute atomic E-state index is 0.0156. The van der Waals surface area contributed by atoms with Gasteiger partial charge in [0.05, 0.1) is 6.26 Å². The summed E-state index contributed by atoms with van der Waals surface area (Å²) in [7, 11) is 0. The van der Waals surface area contributed by atoms with Crippen molar-refractivity contribution in [3.05, 3.63) is 42.2 Å². The molecule has 0 spiro atoms. The van der Waals surface area contributed by atoms with E-state index in [9.17, 15) is 4.79 Å². The zero-order chi connectivity index (χ0) is 16.8. The number of aromatic nitrogens is 2. The lowest BCUT2D eigenvalue weighted by molar-refractivity contribution is 0.194. The number of carbonyl (C=O) groups is 1. The molecule has 0 aliphatic carbocycles. The van der Waals surface area contributed by atoms with Gasteiger partial charge in [0, 0.05) is 50.9 Å². The normalized spacial score (nSPS) is 14.7. The Morgan fingerprint density at radius 3 is 2.83 bits per heavy atom. The van der Waals surface area contributed by atoms with Gasteiger partial charge in [0.1, 0.15) is 17.9 Å². The number of nitrogens with one attached hydrogen (secondary N) is 1. The third kappa shape index (κ3) is 4.04. The number of amides is 2. The van der Waals surface area contributed by atoms with E-state index in [1.807, 2.05) is 23.1 Å². The number of aryl methyl sites for hydroxylation is 1. The molecule has 0 radical (unpaired) electrons. The molecule has 7 heteroatoms. The number of furan rings is 1. The summed E-state index contributed by atoms with van der Waals surface area (Å²) in [6.07, 6.45) is 4.86.